The number of aromatic carboxylic acids is 1. The molecule has 0 spiro atoms. The molecule has 1 aliphatic rings. The predicted molar refractivity (Wildman–Crippen MR) is 42.7 cm³/mol. The van der Waals surface area contributed by atoms with E-state index in [2.05, 4.69) is 0 Å². The van der Waals surface area contributed by atoms with Gasteiger partial charge >= 0.3 is 11.9 Å². The topological polar surface area (TPSA) is 63.6 Å². The van der Waals surface area contributed by atoms with Crippen molar-refractivity contribution >= 4 is 11.9 Å². The second-order valence-electron chi connectivity index (χ2n) is 2.78. The van der Waals surface area contributed by atoms with Gasteiger partial charge in [0.05, 0.1) is 12.0 Å². The molecule has 0 unspecified atom stereocenters. The molecule has 1 heterocycles. The Morgan fingerprint density at radius 1 is 1.46 bits per heavy atom. The second kappa shape index (κ2) is 2.58. The lowest BCUT2D eigenvalue weighted by atomic mass is 10.1. The van der Waals surface area contributed by atoms with Gasteiger partial charge in [0.1, 0.15) is 5.75 Å². The Labute approximate surface area is 73.8 Å². The number of rotatable bonds is 1. The van der Waals surface area contributed by atoms with E-state index in [4.69, 9.17) is 9.84 Å². The van der Waals surface area contributed by atoms with Crippen LogP contribution in [0.5, 0.6) is 5.75 Å². The van der Waals surface area contributed by atoms with Crippen LogP contribution in [0.3, 0.4) is 0 Å². The third-order valence-corrected chi connectivity index (χ3v) is 1.87. The molecule has 1 N–H and O–H groups in total. The molecular formula is C9H6O4. The minimum Gasteiger partial charge on any atom is -0.478 e. The van der Waals surface area contributed by atoms with E-state index >= 15 is 0 Å². The maximum absolute atomic E-state index is 10.8. The van der Waals surface area contributed by atoms with E-state index in [9.17, 15) is 9.59 Å². The summed E-state index contributed by atoms with van der Waals surface area (Å²) in [6, 6.07) is 4.43. The summed E-state index contributed by atoms with van der Waals surface area (Å²) in [6.07, 6.45) is 0.231. The van der Waals surface area contributed by atoms with Crippen molar-refractivity contribution in [3.63, 3.8) is 0 Å². The number of hydrogen-bond acceptors (Lipinski definition) is 3. The fourth-order valence-electron chi connectivity index (χ4n) is 1.24. The molecule has 0 fully saturated rings. The van der Waals surface area contributed by atoms with Crippen LogP contribution in [0.15, 0.2) is 18.2 Å². The number of hydrogen-bond donors (Lipinski definition) is 1. The second-order valence-corrected chi connectivity index (χ2v) is 2.78. The molecule has 4 heteroatoms. The van der Waals surface area contributed by atoms with Gasteiger partial charge in [-0.2, -0.15) is 0 Å². The molecule has 0 radical (unpaired) electrons. The highest BCUT2D eigenvalue weighted by Crippen LogP contribution is 2.26. The van der Waals surface area contributed by atoms with Gasteiger partial charge in [0.15, 0.2) is 0 Å². The molecule has 1 aliphatic heterocycles. The molecule has 0 saturated heterocycles. The summed E-state index contributed by atoms with van der Waals surface area (Å²) >= 11 is 0. The number of carbonyl (C=O) groups is 2. The zero-order chi connectivity index (χ0) is 9.42. The quantitative estimate of drug-likeness (QED) is 0.511. The van der Waals surface area contributed by atoms with Crippen molar-refractivity contribution in [1.29, 1.82) is 0 Å². The Morgan fingerprint density at radius 2 is 2.23 bits per heavy atom. The summed E-state index contributed by atoms with van der Waals surface area (Å²) in [5, 5.41) is 8.64. The van der Waals surface area contributed by atoms with Gasteiger partial charge in [0.2, 0.25) is 0 Å². The molecule has 0 atom stereocenters. The van der Waals surface area contributed by atoms with Crippen molar-refractivity contribution in [2.24, 2.45) is 0 Å². The van der Waals surface area contributed by atoms with Gasteiger partial charge < -0.3 is 9.84 Å². The first-order chi connectivity index (χ1) is 6.16. The Bertz CT molecular complexity index is 395. The van der Waals surface area contributed by atoms with Crippen LogP contribution in [0, 0.1) is 0 Å². The van der Waals surface area contributed by atoms with Gasteiger partial charge in [-0.05, 0) is 12.1 Å². The standard InChI is InChI=1S/C9H6O4/c10-8-4-5-1-2-6(9(11)12)3-7(5)13-8/h1-3H,4H2,(H,11,12). The monoisotopic (exact) mass is 178 g/mol. The SMILES string of the molecule is O=C1Cc2ccc(C(=O)O)cc2O1. The Kier molecular flexibility index (Phi) is 1.55. The first kappa shape index (κ1) is 7.79. The molecule has 0 aromatic heterocycles. The van der Waals surface area contributed by atoms with Crippen LogP contribution < -0.4 is 4.74 Å². The summed E-state index contributed by atoms with van der Waals surface area (Å²) in [7, 11) is 0. The zero-order valence-electron chi connectivity index (χ0n) is 6.61. The van der Waals surface area contributed by atoms with E-state index in [-0.39, 0.29) is 18.0 Å². The molecule has 4 nitrogen and oxygen atoms in total. The van der Waals surface area contributed by atoms with Gasteiger partial charge in [-0.3, -0.25) is 4.79 Å². The van der Waals surface area contributed by atoms with Crippen molar-refractivity contribution in [3.05, 3.63) is 29.3 Å². The minimum atomic E-state index is -1.02. The number of esters is 1. The normalized spacial score (nSPS) is 13.7. The summed E-state index contributed by atoms with van der Waals surface area (Å²) in [6.45, 7) is 0. The molecule has 0 bridgehead atoms. The zero-order valence-corrected chi connectivity index (χ0v) is 6.61. The average Bonchev–Trinajstić information content (AvgIpc) is 2.42. The summed E-state index contributed by atoms with van der Waals surface area (Å²) in [5.74, 6) is -0.992. The van der Waals surface area contributed by atoms with Gasteiger partial charge in [0, 0.05) is 5.56 Å². The molecule has 2 rings (SSSR count). The first-order valence-corrected chi connectivity index (χ1v) is 3.74. The van der Waals surface area contributed by atoms with Crippen molar-refractivity contribution in [1.82, 2.24) is 0 Å². The molecule has 0 amide bonds. The van der Waals surface area contributed by atoms with Crippen molar-refractivity contribution in [2.45, 2.75) is 6.42 Å². The number of carbonyl (C=O) groups excluding carboxylic acids is 1. The third-order valence-electron chi connectivity index (χ3n) is 1.87. The average molecular weight is 178 g/mol. The lowest BCUT2D eigenvalue weighted by Crippen LogP contribution is -2.00. The molecule has 1 aromatic carbocycles. The fraction of sp³-hybridized carbons (Fsp3) is 0.111. The highest BCUT2D eigenvalue weighted by Gasteiger charge is 2.21. The van der Waals surface area contributed by atoms with E-state index in [0.29, 0.717) is 5.75 Å². The van der Waals surface area contributed by atoms with Gasteiger partial charge in [0.25, 0.3) is 0 Å². The largest absolute Gasteiger partial charge is 0.478 e. The third kappa shape index (κ3) is 1.26. The van der Waals surface area contributed by atoms with E-state index in [1.54, 1.807) is 6.07 Å². The predicted octanol–water partition coefficient (Wildman–Crippen LogP) is 0.846. The highest BCUT2D eigenvalue weighted by molar-refractivity contribution is 5.90. The molecule has 0 aliphatic carbocycles. The Balaban J connectivity index is 2.45. The van der Waals surface area contributed by atoms with E-state index in [0.717, 1.165) is 5.56 Å². The highest BCUT2D eigenvalue weighted by atomic mass is 16.5. The Morgan fingerprint density at radius 3 is 2.92 bits per heavy atom. The van der Waals surface area contributed by atoms with Crippen molar-refractivity contribution in [3.8, 4) is 5.75 Å². The summed E-state index contributed by atoms with van der Waals surface area (Å²) in [4.78, 5) is 21.4. The van der Waals surface area contributed by atoms with E-state index in [1.165, 1.54) is 12.1 Å². The van der Waals surface area contributed by atoms with E-state index in [1.807, 2.05) is 0 Å². The minimum absolute atomic E-state index is 0.133. The van der Waals surface area contributed by atoms with Gasteiger partial charge in [-0.1, -0.05) is 6.07 Å². The molecule has 0 saturated carbocycles. The lowest BCUT2D eigenvalue weighted by Gasteiger charge is -1.97. The first-order valence-electron chi connectivity index (χ1n) is 3.74. The Hall–Kier alpha value is -1.84. The van der Waals surface area contributed by atoms with Crippen LogP contribution in [0.1, 0.15) is 15.9 Å². The van der Waals surface area contributed by atoms with Crippen LogP contribution in [0.25, 0.3) is 0 Å². The van der Waals surface area contributed by atoms with Crippen molar-refractivity contribution < 1.29 is 19.4 Å². The summed E-state index contributed by atoms with van der Waals surface area (Å²) < 4.78 is 4.80. The van der Waals surface area contributed by atoms with Crippen LogP contribution in [-0.4, -0.2) is 17.0 Å². The van der Waals surface area contributed by atoms with Gasteiger partial charge in [-0.25, -0.2) is 4.79 Å². The smallest absolute Gasteiger partial charge is 0.335 e. The maximum atomic E-state index is 10.8. The number of carboxylic acids is 1. The lowest BCUT2D eigenvalue weighted by molar-refractivity contribution is -0.131. The molecular weight excluding hydrogens is 172 g/mol. The number of carboxylic acid groups (broad SMARTS) is 1. The molecule has 66 valence electrons. The number of ether oxygens (including phenoxy) is 1. The fourth-order valence-corrected chi connectivity index (χ4v) is 1.24. The number of fused-ring (bicyclic) bond motifs is 1. The van der Waals surface area contributed by atoms with Crippen LogP contribution >= 0.6 is 0 Å². The maximum Gasteiger partial charge on any atom is 0.335 e. The van der Waals surface area contributed by atoms with Crippen molar-refractivity contribution in [2.75, 3.05) is 0 Å². The van der Waals surface area contributed by atoms with E-state index < -0.39 is 5.97 Å². The summed E-state index contributed by atoms with van der Waals surface area (Å²) in [5.41, 5.74) is 0.878. The van der Waals surface area contributed by atoms with Gasteiger partial charge in [-0.15, -0.1) is 0 Å². The van der Waals surface area contributed by atoms with Crippen LogP contribution in [-0.2, 0) is 11.2 Å². The van der Waals surface area contributed by atoms with Crippen LogP contribution in [0.2, 0.25) is 0 Å². The molecule has 1 aromatic rings. The molecule has 13 heavy (non-hydrogen) atoms. The number of benzene rings is 1. The van der Waals surface area contributed by atoms with Crippen LogP contribution in [0.4, 0.5) is 0 Å².